The lowest BCUT2D eigenvalue weighted by atomic mass is 10.2. The number of rotatable bonds is 4. The van der Waals surface area contributed by atoms with Gasteiger partial charge in [-0.1, -0.05) is 18.2 Å². The van der Waals surface area contributed by atoms with Gasteiger partial charge in [0.25, 0.3) is 11.8 Å². The highest BCUT2D eigenvalue weighted by atomic mass is 19.1. The van der Waals surface area contributed by atoms with Gasteiger partial charge in [0.15, 0.2) is 0 Å². The molecule has 0 saturated carbocycles. The van der Waals surface area contributed by atoms with E-state index in [1.54, 1.807) is 30.3 Å². The van der Waals surface area contributed by atoms with Crippen LogP contribution < -0.4 is 10.6 Å². The third-order valence-corrected chi connectivity index (χ3v) is 3.25. The molecule has 0 fully saturated rings. The smallest absolute Gasteiger partial charge is 0.275 e. The number of nitrogens with zero attached hydrogens (tertiary/aromatic N) is 1. The molecule has 0 unspecified atom stereocenters. The van der Waals surface area contributed by atoms with E-state index in [0.29, 0.717) is 11.3 Å². The van der Waals surface area contributed by atoms with Crippen LogP contribution in [0.4, 0.5) is 15.8 Å². The first-order valence-corrected chi connectivity index (χ1v) is 7.10. The molecule has 0 aliphatic rings. The molecule has 0 saturated heterocycles. The van der Waals surface area contributed by atoms with Gasteiger partial charge in [-0.25, -0.2) is 4.39 Å². The molecule has 2 amide bonds. The summed E-state index contributed by atoms with van der Waals surface area (Å²) in [5.41, 5.74) is 1.24. The number of amides is 2. The van der Waals surface area contributed by atoms with Gasteiger partial charge in [-0.15, -0.1) is 0 Å². The number of H-pyrrole nitrogens is 1. The Labute approximate surface area is 136 Å². The van der Waals surface area contributed by atoms with Gasteiger partial charge in [0, 0.05) is 11.3 Å². The topological polar surface area (TPSA) is 86.9 Å². The van der Waals surface area contributed by atoms with Crippen molar-refractivity contribution in [1.82, 2.24) is 10.2 Å². The first-order valence-electron chi connectivity index (χ1n) is 7.10. The van der Waals surface area contributed by atoms with Crippen molar-refractivity contribution in [3.63, 3.8) is 0 Å². The van der Waals surface area contributed by atoms with Crippen LogP contribution in [0.3, 0.4) is 0 Å². The van der Waals surface area contributed by atoms with Crippen LogP contribution in [0, 0.1) is 5.82 Å². The number of nitrogens with one attached hydrogen (secondary N) is 3. The maximum Gasteiger partial charge on any atom is 0.275 e. The van der Waals surface area contributed by atoms with Crippen LogP contribution in [-0.2, 0) is 0 Å². The lowest BCUT2D eigenvalue weighted by molar-refractivity contribution is 0.102. The van der Waals surface area contributed by atoms with Crippen molar-refractivity contribution in [2.75, 3.05) is 10.6 Å². The molecule has 0 aliphatic carbocycles. The molecule has 0 atom stereocenters. The van der Waals surface area contributed by atoms with Crippen LogP contribution in [0.5, 0.6) is 0 Å². The van der Waals surface area contributed by atoms with Gasteiger partial charge in [0.2, 0.25) is 0 Å². The van der Waals surface area contributed by atoms with Gasteiger partial charge in [-0.2, -0.15) is 5.10 Å². The molecule has 0 aliphatic heterocycles. The van der Waals surface area contributed by atoms with Gasteiger partial charge >= 0.3 is 0 Å². The zero-order chi connectivity index (χ0) is 16.9. The molecule has 3 N–H and O–H groups in total. The van der Waals surface area contributed by atoms with E-state index in [1.165, 1.54) is 30.5 Å². The predicted molar refractivity (Wildman–Crippen MR) is 87.3 cm³/mol. The third kappa shape index (κ3) is 3.46. The fourth-order valence-corrected chi connectivity index (χ4v) is 2.06. The van der Waals surface area contributed by atoms with Crippen LogP contribution in [0.25, 0.3) is 0 Å². The number of carbonyl (C=O) groups is 2. The van der Waals surface area contributed by atoms with Crippen molar-refractivity contribution in [2.45, 2.75) is 0 Å². The maximum absolute atomic E-state index is 12.9. The van der Waals surface area contributed by atoms with E-state index in [1.807, 2.05) is 0 Å². The Hall–Kier alpha value is -3.48. The van der Waals surface area contributed by atoms with Crippen molar-refractivity contribution >= 4 is 23.2 Å². The van der Waals surface area contributed by atoms with Crippen molar-refractivity contribution in [3.05, 3.63) is 77.9 Å². The number of hydrogen-bond donors (Lipinski definition) is 3. The van der Waals surface area contributed by atoms with Gasteiger partial charge < -0.3 is 10.6 Å². The largest absolute Gasteiger partial charge is 0.321 e. The highest BCUT2D eigenvalue weighted by Gasteiger charge is 2.16. The molecule has 1 heterocycles. The normalized spacial score (nSPS) is 10.2. The van der Waals surface area contributed by atoms with Gasteiger partial charge in [-0.3, -0.25) is 14.7 Å². The highest BCUT2D eigenvalue weighted by molar-refractivity contribution is 6.11. The molecule has 6 nitrogen and oxygen atoms in total. The van der Waals surface area contributed by atoms with Crippen LogP contribution in [0.1, 0.15) is 20.8 Å². The van der Waals surface area contributed by atoms with E-state index in [4.69, 9.17) is 0 Å². The second-order valence-electron chi connectivity index (χ2n) is 4.94. The van der Waals surface area contributed by atoms with Crippen molar-refractivity contribution < 1.29 is 14.0 Å². The lowest BCUT2D eigenvalue weighted by Crippen LogP contribution is -2.17. The summed E-state index contributed by atoms with van der Waals surface area (Å²) in [4.78, 5) is 24.4. The zero-order valence-electron chi connectivity index (χ0n) is 12.4. The fourth-order valence-electron chi connectivity index (χ4n) is 2.06. The summed E-state index contributed by atoms with van der Waals surface area (Å²) in [5.74, 6) is -1.25. The first kappa shape index (κ1) is 15.4. The van der Waals surface area contributed by atoms with E-state index < -0.39 is 11.7 Å². The Morgan fingerprint density at radius 3 is 2.33 bits per heavy atom. The minimum Gasteiger partial charge on any atom is -0.321 e. The predicted octanol–water partition coefficient (Wildman–Crippen LogP) is 3.05. The van der Waals surface area contributed by atoms with Crippen molar-refractivity contribution in [2.24, 2.45) is 0 Å². The number of benzene rings is 2. The minimum absolute atomic E-state index is 0.101. The van der Waals surface area contributed by atoms with Crippen molar-refractivity contribution in [1.29, 1.82) is 0 Å². The average Bonchev–Trinajstić information content (AvgIpc) is 3.06. The Balaban J connectivity index is 1.74. The summed E-state index contributed by atoms with van der Waals surface area (Å²) in [6.07, 6.45) is 1.35. The molecule has 0 spiro atoms. The van der Waals surface area contributed by atoms with Crippen LogP contribution in [-0.4, -0.2) is 22.0 Å². The maximum atomic E-state index is 12.9. The monoisotopic (exact) mass is 324 g/mol. The molecule has 7 heteroatoms. The molecule has 0 radical (unpaired) electrons. The highest BCUT2D eigenvalue weighted by Crippen LogP contribution is 2.16. The van der Waals surface area contributed by atoms with E-state index in [9.17, 15) is 14.0 Å². The number of aromatic nitrogens is 2. The zero-order valence-corrected chi connectivity index (χ0v) is 12.4. The third-order valence-electron chi connectivity index (χ3n) is 3.25. The van der Waals surface area contributed by atoms with Gasteiger partial charge in [0.1, 0.15) is 11.5 Å². The SMILES string of the molecule is O=C(Nc1cn[nH]c1C(=O)Nc1ccc(F)cc1)c1ccccc1. The summed E-state index contributed by atoms with van der Waals surface area (Å²) in [7, 11) is 0. The lowest BCUT2D eigenvalue weighted by Gasteiger charge is -2.07. The minimum atomic E-state index is -0.498. The Bertz CT molecular complexity index is 860. The van der Waals surface area contributed by atoms with Crippen molar-refractivity contribution in [3.8, 4) is 0 Å². The number of carbonyl (C=O) groups excluding carboxylic acids is 2. The summed E-state index contributed by atoms with van der Waals surface area (Å²) < 4.78 is 12.9. The molecule has 2 aromatic carbocycles. The summed E-state index contributed by atoms with van der Waals surface area (Å²) in [6.45, 7) is 0. The standard InChI is InChI=1S/C17H13FN4O2/c18-12-6-8-13(9-7-12)20-17(24)15-14(10-19-22-15)21-16(23)11-4-2-1-3-5-11/h1-10H,(H,19,22)(H,20,24)(H,21,23). The average molecular weight is 324 g/mol. The summed E-state index contributed by atoms with van der Waals surface area (Å²) >= 11 is 0. The molecule has 1 aromatic heterocycles. The molecule has 0 bridgehead atoms. The van der Waals surface area contributed by atoms with Gasteiger partial charge in [0.05, 0.1) is 11.9 Å². The fraction of sp³-hybridized carbons (Fsp3) is 0. The number of halogens is 1. The van der Waals surface area contributed by atoms with Gasteiger partial charge in [-0.05, 0) is 36.4 Å². The number of aromatic amines is 1. The van der Waals surface area contributed by atoms with E-state index in [-0.39, 0.29) is 17.3 Å². The Kier molecular flexibility index (Phi) is 4.33. The van der Waals surface area contributed by atoms with Crippen LogP contribution in [0.2, 0.25) is 0 Å². The molecule has 3 rings (SSSR count). The summed E-state index contributed by atoms with van der Waals surface area (Å²) in [6, 6.07) is 14.0. The first-order chi connectivity index (χ1) is 11.6. The van der Waals surface area contributed by atoms with Crippen LogP contribution >= 0.6 is 0 Å². The summed E-state index contributed by atoms with van der Waals surface area (Å²) in [5, 5.41) is 11.6. The molecule has 3 aromatic rings. The molecular weight excluding hydrogens is 311 g/mol. The second kappa shape index (κ2) is 6.74. The molecule has 24 heavy (non-hydrogen) atoms. The quantitative estimate of drug-likeness (QED) is 0.689. The Morgan fingerprint density at radius 2 is 1.62 bits per heavy atom. The second-order valence-corrected chi connectivity index (χ2v) is 4.94. The molecule has 120 valence electrons. The van der Waals surface area contributed by atoms with E-state index in [0.717, 1.165) is 0 Å². The Morgan fingerprint density at radius 1 is 0.917 bits per heavy atom. The van der Waals surface area contributed by atoms with Crippen LogP contribution in [0.15, 0.2) is 60.8 Å². The van der Waals surface area contributed by atoms with E-state index in [2.05, 4.69) is 20.8 Å². The molecular formula is C17H13FN4O2. The van der Waals surface area contributed by atoms with E-state index >= 15 is 0 Å². The number of hydrogen-bond acceptors (Lipinski definition) is 3. The number of anilines is 2.